The van der Waals surface area contributed by atoms with Crippen LogP contribution in [-0.4, -0.2) is 51.6 Å². The summed E-state index contributed by atoms with van der Waals surface area (Å²) in [5, 5.41) is 14.1. The summed E-state index contributed by atoms with van der Waals surface area (Å²) in [6.45, 7) is 2.64. The molecule has 2 aromatic heterocycles. The van der Waals surface area contributed by atoms with Crippen LogP contribution >= 0.6 is 11.3 Å². The predicted molar refractivity (Wildman–Crippen MR) is 110 cm³/mol. The lowest BCUT2D eigenvalue weighted by Gasteiger charge is -2.30. The minimum Gasteiger partial charge on any atom is -0.390 e. The molecule has 0 spiro atoms. The normalized spacial score (nSPS) is 15.3. The van der Waals surface area contributed by atoms with Crippen LogP contribution in [0.25, 0.3) is 10.3 Å². The number of thiazole rings is 1. The lowest BCUT2D eigenvalue weighted by atomic mass is 10.00. The zero-order chi connectivity index (χ0) is 19.3. The second kappa shape index (κ2) is 8.77. The number of aromatic nitrogens is 2. The highest BCUT2D eigenvalue weighted by atomic mass is 32.1. The molecule has 1 unspecified atom stereocenters. The van der Waals surface area contributed by atoms with Crippen molar-refractivity contribution < 1.29 is 9.90 Å². The van der Waals surface area contributed by atoms with Crippen molar-refractivity contribution in [2.45, 2.75) is 31.9 Å². The molecule has 0 radical (unpaired) electrons. The van der Waals surface area contributed by atoms with E-state index in [0.29, 0.717) is 19.4 Å². The topological polar surface area (TPSA) is 78.3 Å². The second-order valence-corrected chi connectivity index (χ2v) is 8.21. The number of β-amino-alcohol motifs (C(OH)–C–C–N with tert-alkyl or cyclic N) is 1. The molecule has 1 aromatic carbocycles. The number of aliphatic hydroxyl groups is 1. The van der Waals surface area contributed by atoms with E-state index in [-0.39, 0.29) is 12.5 Å². The molecule has 28 heavy (non-hydrogen) atoms. The van der Waals surface area contributed by atoms with Gasteiger partial charge in [0, 0.05) is 45.2 Å². The molecule has 7 heteroatoms. The molecule has 0 aliphatic carbocycles. The fraction of sp³-hybridized carbons (Fsp3) is 0.381. The highest BCUT2D eigenvalue weighted by molar-refractivity contribution is 7.18. The van der Waals surface area contributed by atoms with Gasteiger partial charge in [0.2, 0.25) is 5.91 Å². The Morgan fingerprint density at radius 3 is 2.96 bits per heavy atom. The summed E-state index contributed by atoms with van der Waals surface area (Å²) in [4.78, 5) is 24.0. The molecule has 2 N–H and O–H groups in total. The Balaban J connectivity index is 1.19. The van der Waals surface area contributed by atoms with Crippen molar-refractivity contribution in [3.8, 4) is 0 Å². The number of rotatable bonds is 7. The Hall–Kier alpha value is -2.35. The summed E-state index contributed by atoms with van der Waals surface area (Å²) < 4.78 is 0. The summed E-state index contributed by atoms with van der Waals surface area (Å²) in [6, 6.07) is 12.2. The molecule has 4 rings (SSSR count). The fourth-order valence-corrected chi connectivity index (χ4v) is 4.44. The van der Waals surface area contributed by atoms with Crippen molar-refractivity contribution in [3.63, 3.8) is 0 Å². The number of fused-ring (bicyclic) bond motifs is 2. The van der Waals surface area contributed by atoms with Gasteiger partial charge in [0.1, 0.15) is 10.3 Å². The first-order valence-electron chi connectivity index (χ1n) is 9.62. The Morgan fingerprint density at radius 1 is 1.25 bits per heavy atom. The van der Waals surface area contributed by atoms with E-state index in [4.69, 9.17) is 0 Å². The van der Waals surface area contributed by atoms with Crippen LogP contribution < -0.4 is 5.32 Å². The Morgan fingerprint density at radius 2 is 2.11 bits per heavy atom. The number of hydrogen-bond acceptors (Lipinski definition) is 6. The maximum absolute atomic E-state index is 12.1. The van der Waals surface area contributed by atoms with Gasteiger partial charge in [-0.05, 0) is 29.7 Å². The van der Waals surface area contributed by atoms with E-state index >= 15 is 0 Å². The van der Waals surface area contributed by atoms with Crippen molar-refractivity contribution in [1.29, 1.82) is 0 Å². The minimum atomic E-state index is -0.569. The van der Waals surface area contributed by atoms with Crippen LogP contribution in [-0.2, 0) is 24.2 Å². The number of amides is 1. The van der Waals surface area contributed by atoms with Gasteiger partial charge in [-0.2, -0.15) is 0 Å². The number of pyridine rings is 1. The quantitative estimate of drug-likeness (QED) is 0.640. The highest BCUT2D eigenvalue weighted by Gasteiger charge is 2.18. The summed E-state index contributed by atoms with van der Waals surface area (Å²) in [5.74, 6) is -0.0599. The number of carbonyl (C=O) groups excluding carboxylic acids is 1. The third kappa shape index (κ3) is 4.73. The monoisotopic (exact) mass is 396 g/mol. The van der Waals surface area contributed by atoms with Crippen LogP contribution in [0.5, 0.6) is 0 Å². The van der Waals surface area contributed by atoms with E-state index in [1.165, 1.54) is 22.5 Å². The van der Waals surface area contributed by atoms with Gasteiger partial charge in [0.15, 0.2) is 0 Å². The highest BCUT2D eigenvalue weighted by Crippen LogP contribution is 2.20. The summed E-state index contributed by atoms with van der Waals surface area (Å²) in [5.41, 5.74) is 3.60. The minimum absolute atomic E-state index is 0.0599. The van der Waals surface area contributed by atoms with Crippen LogP contribution in [0.15, 0.2) is 42.6 Å². The van der Waals surface area contributed by atoms with E-state index < -0.39 is 6.10 Å². The fourth-order valence-electron chi connectivity index (χ4n) is 3.53. The molecule has 1 atom stereocenters. The number of nitrogens with zero attached hydrogens (tertiary/aromatic N) is 3. The SMILES string of the molecule is O=C(CCc1nc2cccnc2s1)NCC(O)CN1CCc2ccccc2C1. The summed E-state index contributed by atoms with van der Waals surface area (Å²) in [7, 11) is 0. The third-order valence-corrected chi connectivity index (χ3v) is 6.03. The molecule has 3 aromatic rings. The first kappa shape index (κ1) is 19.0. The van der Waals surface area contributed by atoms with E-state index in [1.807, 2.05) is 12.1 Å². The molecular formula is C21H24N4O2S. The van der Waals surface area contributed by atoms with Crippen LogP contribution in [0.3, 0.4) is 0 Å². The van der Waals surface area contributed by atoms with Gasteiger partial charge in [-0.15, -0.1) is 0 Å². The maximum atomic E-state index is 12.1. The maximum Gasteiger partial charge on any atom is 0.220 e. The molecular weight excluding hydrogens is 372 g/mol. The number of hydrogen-bond donors (Lipinski definition) is 2. The van der Waals surface area contributed by atoms with Gasteiger partial charge in [0.05, 0.1) is 11.1 Å². The van der Waals surface area contributed by atoms with E-state index in [1.54, 1.807) is 6.20 Å². The number of nitrogens with one attached hydrogen (secondary N) is 1. The number of carbonyl (C=O) groups is 1. The van der Waals surface area contributed by atoms with E-state index in [2.05, 4.69) is 44.5 Å². The van der Waals surface area contributed by atoms with Crippen LogP contribution in [0.4, 0.5) is 0 Å². The average molecular weight is 397 g/mol. The molecule has 1 amide bonds. The van der Waals surface area contributed by atoms with E-state index in [9.17, 15) is 9.90 Å². The lowest BCUT2D eigenvalue weighted by molar-refractivity contribution is -0.121. The van der Waals surface area contributed by atoms with E-state index in [0.717, 1.165) is 34.9 Å². The summed E-state index contributed by atoms with van der Waals surface area (Å²) >= 11 is 1.52. The molecule has 0 fully saturated rings. The van der Waals surface area contributed by atoms with Gasteiger partial charge in [-0.1, -0.05) is 35.6 Å². The largest absolute Gasteiger partial charge is 0.390 e. The zero-order valence-electron chi connectivity index (χ0n) is 15.7. The van der Waals surface area contributed by atoms with Crippen molar-refractivity contribution in [2.75, 3.05) is 19.6 Å². The van der Waals surface area contributed by atoms with Gasteiger partial charge < -0.3 is 10.4 Å². The van der Waals surface area contributed by atoms with Gasteiger partial charge in [-0.3, -0.25) is 9.69 Å². The molecule has 0 saturated carbocycles. The molecule has 3 heterocycles. The summed E-state index contributed by atoms with van der Waals surface area (Å²) in [6.07, 6.45) is 3.14. The van der Waals surface area contributed by atoms with Gasteiger partial charge >= 0.3 is 0 Å². The number of aliphatic hydroxyl groups excluding tert-OH is 1. The van der Waals surface area contributed by atoms with Crippen molar-refractivity contribution in [1.82, 2.24) is 20.2 Å². The van der Waals surface area contributed by atoms with Gasteiger partial charge in [0.25, 0.3) is 0 Å². The predicted octanol–water partition coefficient (Wildman–Crippen LogP) is 2.16. The van der Waals surface area contributed by atoms with Gasteiger partial charge in [-0.25, -0.2) is 9.97 Å². The zero-order valence-corrected chi connectivity index (χ0v) is 16.5. The Kier molecular flexibility index (Phi) is 5.95. The average Bonchev–Trinajstić information content (AvgIpc) is 3.14. The number of aryl methyl sites for hydroxylation is 1. The molecule has 0 saturated heterocycles. The second-order valence-electron chi connectivity index (χ2n) is 7.15. The first-order valence-corrected chi connectivity index (χ1v) is 10.4. The van der Waals surface area contributed by atoms with Crippen LogP contribution in [0.2, 0.25) is 0 Å². The van der Waals surface area contributed by atoms with Crippen LogP contribution in [0.1, 0.15) is 22.6 Å². The third-order valence-electron chi connectivity index (χ3n) is 4.99. The molecule has 1 aliphatic rings. The first-order chi connectivity index (χ1) is 13.7. The Bertz CT molecular complexity index is 925. The van der Waals surface area contributed by atoms with Crippen molar-refractivity contribution in [3.05, 3.63) is 58.7 Å². The van der Waals surface area contributed by atoms with Crippen LogP contribution in [0, 0.1) is 0 Å². The number of benzene rings is 1. The lowest BCUT2D eigenvalue weighted by Crippen LogP contribution is -2.42. The Labute approximate surface area is 168 Å². The molecule has 146 valence electrons. The van der Waals surface area contributed by atoms with Crippen molar-refractivity contribution >= 4 is 27.6 Å². The standard InChI is InChI=1S/C21H24N4O2S/c26-17(14-25-11-9-15-4-1-2-5-16(15)13-25)12-23-19(27)7-8-20-24-18-6-3-10-22-21(18)28-20/h1-6,10,17,26H,7-9,11-14H2,(H,23,27). The van der Waals surface area contributed by atoms with Crippen molar-refractivity contribution in [2.24, 2.45) is 0 Å². The molecule has 0 bridgehead atoms. The molecule has 1 aliphatic heterocycles. The molecule has 6 nitrogen and oxygen atoms in total. The smallest absolute Gasteiger partial charge is 0.220 e.